The molecule has 5 nitrogen and oxygen atoms in total. The van der Waals surface area contributed by atoms with Gasteiger partial charge in [0.1, 0.15) is 0 Å². The summed E-state index contributed by atoms with van der Waals surface area (Å²) < 4.78 is 26.4. The maximum atomic E-state index is 12.4. The van der Waals surface area contributed by atoms with Gasteiger partial charge in [0.25, 0.3) is 0 Å². The Kier molecular flexibility index (Phi) is 6.99. The summed E-state index contributed by atoms with van der Waals surface area (Å²) >= 11 is 0. The summed E-state index contributed by atoms with van der Waals surface area (Å²) in [5.74, 6) is 0.0617. The molecule has 1 N–H and O–H groups in total. The van der Waals surface area contributed by atoms with Gasteiger partial charge in [-0.15, -0.1) is 6.58 Å². The number of aryl methyl sites for hydroxylation is 1. The number of rotatable bonds is 8. The number of benzene rings is 1. The second kappa shape index (κ2) is 8.99. The van der Waals surface area contributed by atoms with Crippen molar-refractivity contribution in [2.75, 3.05) is 25.4 Å². The first kappa shape index (κ1) is 18.7. The van der Waals surface area contributed by atoms with Gasteiger partial charge >= 0.3 is 0 Å². The highest BCUT2D eigenvalue weighted by molar-refractivity contribution is 7.89. The molecule has 1 aromatic carbocycles. The van der Waals surface area contributed by atoms with Crippen molar-refractivity contribution in [3.8, 4) is 0 Å². The number of sulfonamides is 1. The van der Waals surface area contributed by atoms with Crippen LogP contribution in [0.1, 0.15) is 24.8 Å². The van der Waals surface area contributed by atoms with Gasteiger partial charge in [0, 0.05) is 25.6 Å². The zero-order valence-corrected chi connectivity index (χ0v) is 14.8. The number of carbonyl (C=O) groups is 1. The van der Waals surface area contributed by atoms with Crippen molar-refractivity contribution in [3.05, 3.63) is 48.6 Å². The summed E-state index contributed by atoms with van der Waals surface area (Å²) in [6, 6.07) is 9.91. The second-order valence-corrected chi connectivity index (χ2v) is 8.20. The topological polar surface area (TPSA) is 66.5 Å². The zero-order chi connectivity index (χ0) is 17.4. The van der Waals surface area contributed by atoms with Crippen LogP contribution in [0.5, 0.6) is 0 Å². The van der Waals surface area contributed by atoms with Gasteiger partial charge in [-0.05, 0) is 31.2 Å². The molecule has 0 atom stereocenters. The van der Waals surface area contributed by atoms with Crippen LogP contribution >= 0.6 is 0 Å². The largest absolute Gasteiger partial charge is 0.352 e. The maximum absolute atomic E-state index is 12.4. The fraction of sp³-hybridized carbons (Fsp3) is 0.500. The van der Waals surface area contributed by atoms with E-state index in [0.717, 1.165) is 12.0 Å². The first-order chi connectivity index (χ1) is 11.5. The minimum absolute atomic E-state index is 0.00368. The van der Waals surface area contributed by atoms with Crippen molar-refractivity contribution in [1.29, 1.82) is 0 Å². The van der Waals surface area contributed by atoms with Gasteiger partial charge in [-0.2, -0.15) is 0 Å². The zero-order valence-electron chi connectivity index (χ0n) is 14.0. The third kappa shape index (κ3) is 5.46. The first-order valence-corrected chi connectivity index (χ1v) is 10.0. The van der Waals surface area contributed by atoms with Crippen LogP contribution in [-0.2, 0) is 21.2 Å². The lowest BCUT2D eigenvalue weighted by Gasteiger charge is -2.30. The number of nitrogens with one attached hydrogen (secondary N) is 1. The minimum Gasteiger partial charge on any atom is -0.352 e. The third-order valence-electron chi connectivity index (χ3n) is 4.35. The predicted octanol–water partition coefficient (Wildman–Crippen LogP) is 1.96. The second-order valence-electron chi connectivity index (χ2n) is 6.11. The van der Waals surface area contributed by atoms with E-state index in [2.05, 4.69) is 11.9 Å². The average molecular weight is 350 g/mol. The van der Waals surface area contributed by atoms with Crippen molar-refractivity contribution >= 4 is 15.9 Å². The van der Waals surface area contributed by atoms with Crippen molar-refractivity contribution in [2.45, 2.75) is 25.7 Å². The molecule has 0 bridgehead atoms. The van der Waals surface area contributed by atoms with Crippen LogP contribution in [0.3, 0.4) is 0 Å². The standard InChI is InChI=1S/C18H26N2O3S/c1-2-12-19-18(21)17-10-13-20(14-11-17)24(22,23)15-6-9-16-7-4-3-5-8-16/h2-5,7-8,17H,1,6,9-15H2,(H,19,21). The van der Waals surface area contributed by atoms with Crippen molar-refractivity contribution in [2.24, 2.45) is 5.92 Å². The molecule has 1 amide bonds. The van der Waals surface area contributed by atoms with Crippen LogP contribution in [0.25, 0.3) is 0 Å². The molecule has 1 fully saturated rings. The van der Waals surface area contributed by atoms with E-state index in [-0.39, 0.29) is 17.6 Å². The van der Waals surface area contributed by atoms with Gasteiger partial charge in [0.05, 0.1) is 5.75 Å². The number of hydrogen-bond acceptors (Lipinski definition) is 3. The number of nitrogens with zero attached hydrogens (tertiary/aromatic N) is 1. The van der Waals surface area contributed by atoms with Crippen LogP contribution in [0.4, 0.5) is 0 Å². The van der Waals surface area contributed by atoms with E-state index >= 15 is 0 Å². The molecule has 1 aromatic rings. The third-order valence-corrected chi connectivity index (χ3v) is 6.31. The SMILES string of the molecule is C=CCNC(=O)C1CCN(S(=O)(=O)CCCc2ccccc2)CC1. The monoisotopic (exact) mass is 350 g/mol. The maximum Gasteiger partial charge on any atom is 0.223 e. The Morgan fingerprint density at radius 1 is 1.25 bits per heavy atom. The molecule has 2 rings (SSSR count). The molecule has 1 aliphatic rings. The molecule has 0 saturated carbocycles. The summed E-state index contributed by atoms with van der Waals surface area (Å²) in [5.41, 5.74) is 1.16. The van der Waals surface area contributed by atoms with E-state index in [1.165, 1.54) is 4.31 Å². The molecule has 0 spiro atoms. The van der Waals surface area contributed by atoms with E-state index in [4.69, 9.17) is 0 Å². The summed E-state index contributed by atoms with van der Waals surface area (Å²) in [6.07, 6.45) is 4.19. The molecule has 132 valence electrons. The summed E-state index contributed by atoms with van der Waals surface area (Å²) in [5, 5.41) is 2.78. The number of hydrogen-bond donors (Lipinski definition) is 1. The summed E-state index contributed by atoms with van der Waals surface area (Å²) in [6.45, 7) is 4.89. The first-order valence-electron chi connectivity index (χ1n) is 8.43. The van der Waals surface area contributed by atoms with Crippen LogP contribution in [0.2, 0.25) is 0 Å². The number of carbonyl (C=O) groups excluding carboxylic acids is 1. The fourth-order valence-corrected chi connectivity index (χ4v) is 4.48. The summed E-state index contributed by atoms with van der Waals surface area (Å²) in [7, 11) is -3.23. The normalized spacial score (nSPS) is 16.7. The Labute approximate surface area is 144 Å². The Morgan fingerprint density at radius 3 is 2.54 bits per heavy atom. The van der Waals surface area contributed by atoms with Gasteiger partial charge in [-0.1, -0.05) is 36.4 Å². The molecule has 24 heavy (non-hydrogen) atoms. The quantitative estimate of drug-likeness (QED) is 0.729. The van der Waals surface area contributed by atoms with Crippen molar-refractivity contribution < 1.29 is 13.2 Å². The molecular formula is C18H26N2O3S. The van der Waals surface area contributed by atoms with E-state index in [0.29, 0.717) is 38.9 Å². The lowest BCUT2D eigenvalue weighted by Crippen LogP contribution is -2.43. The molecule has 0 aliphatic carbocycles. The highest BCUT2D eigenvalue weighted by Gasteiger charge is 2.30. The van der Waals surface area contributed by atoms with Crippen LogP contribution < -0.4 is 5.32 Å². The smallest absolute Gasteiger partial charge is 0.223 e. The summed E-state index contributed by atoms with van der Waals surface area (Å²) in [4.78, 5) is 11.9. The van der Waals surface area contributed by atoms with Crippen LogP contribution in [-0.4, -0.2) is 44.0 Å². The Balaban J connectivity index is 1.77. The molecule has 1 aliphatic heterocycles. The van der Waals surface area contributed by atoms with Crippen LogP contribution in [0, 0.1) is 5.92 Å². The highest BCUT2D eigenvalue weighted by Crippen LogP contribution is 2.20. The van der Waals surface area contributed by atoms with Gasteiger partial charge in [-0.25, -0.2) is 12.7 Å². The van der Waals surface area contributed by atoms with E-state index in [1.54, 1.807) is 6.08 Å². The van der Waals surface area contributed by atoms with Gasteiger partial charge < -0.3 is 5.32 Å². The molecule has 0 radical (unpaired) electrons. The van der Waals surface area contributed by atoms with E-state index in [1.807, 2.05) is 30.3 Å². The van der Waals surface area contributed by atoms with E-state index in [9.17, 15) is 13.2 Å². The Hall–Kier alpha value is -1.66. The molecule has 0 aromatic heterocycles. The predicted molar refractivity (Wildman–Crippen MR) is 96.1 cm³/mol. The van der Waals surface area contributed by atoms with E-state index < -0.39 is 10.0 Å². The number of amides is 1. The van der Waals surface area contributed by atoms with Crippen molar-refractivity contribution in [1.82, 2.24) is 9.62 Å². The van der Waals surface area contributed by atoms with Gasteiger partial charge in [-0.3, -0.25) is 4.79 Å². The Morgan fingerprint density at radius 2 is 1.92 bits per heavy atom. The average Bonchev–Trinajstić information content (AvgIpc) is 2.60. The molecule has 1 heterocycles. The number of piperidine rings is 1. The van der Waals surface area contributed by atoms with Gasteiger partial charge in [0.15, 0.2) is 0 Å². The fourth-order valence-electron chi connectivity index (χ4n) is 2.95. The Bertz CT molecular complexity index is 635. The van der Waals surface area contributed by atoms with Gasteiger partial charge in [0.2, 0.25) is 15.9 Å². The highest BCUT2D eigenvalue weighted by atomic mass is 32.2. The minimum atomic E-state index is -3.23. The molecule has 6 heteroatoms. The van der Waals surface area contributed by atoms with Crippen molar-refractivity contribution in [3.63, 3.8) is 0 Å². The lowest BCUT2D eigenvalue weighted by molar-refractivity contribution is -0.125. The molecule has 1 saturated heterocycles. The molecule has 0 unspecified atom stereocenters. The van der Waals surface area contributed by atoms with Crippen LogP contribution in [0.15, 0.2) is 43.0 Å². The molecular weight excluding hydrogens is 324 g/mol. The lowest BCUT2D eigenvalue weighted by atomic mass is 9.97.